The van der Waals surface area contributed by atoms with Gasteiger partial charge in [0.25, 0.3) is 0 Å². The molecule has 0 aliphatic heterocycles. The number of sulfonamides is 1. The van der Waals surface area contributed by atoms with Gasteiger partial charge in [0.05, 0.1) is 4.90 Å². The van der Waals surface area contributed by atoms with Crippen LogP contribution in [0.5, 0.6) is 0 Å². The molecule has 1 atom stereocenters. The molecule has 8 nitrogen and oxygen atoms in total. The van der Waals surface area contributed by atoms with Gasteiger partial charge in [-0.05, 0) is 48.4 Å². The van der Waals surface area contributed by atoms with E-state index in [2.05, 4.69) is 31.3 Å². The lowest BCUT2D eigenvalue weighted by Gasteiger charge is -2.22. The zero-order chi connectivity index (χ0) is 22.3. The second-order valence-corrected chi connectivity index (χ2v) is 9.48. The lowest BCUT2D eigenvalue weighted by molar-refractivity contribution is -0.120. The fraction of sp³-hybridized carbons (Fsp3) is 0.300. The van der Waals surface area contributed by atoms with Crippen LogP contribution in [0, 0.1) is 5.92 Å². The Hall–Kier alpha value is -2.27. The number of anilines is 2. The van der Waals surface area contributed by atoms with Gasteiger partial charge in [0.15, 0.2) is 0 Å². The first-order valence-electron chi connectivity index (χ1n) is 9.10. The number of halogens is 1. The number of carbonyl (C=O) groups excluding carboxylic acids is 2. The molecule has 162 valence electrons. The number of amides is 2. The number of ether oxygens (including phenoxy) is 1. The average Bonchev–Trinajstić information content (AvgIpc) is 2.66. The molecular weight excluding hydrogens is 474 g/mol. The van der Waals surface area contributed by atoms with Gasteiger partial charge < -0.3 is 15.4 Å². The molecule has 0 bridgehead atoms. The molecule has 0 radical (unpaired) electrons. The Bertz CT molecular complexity index is 994. The number of benzene rings is 2. The SMILES string of the molecule is COCC(=O)Nc1cccc(NC(=O)[C@@H](NS(=O)(=O)c2ccc(Br)cc2)C(C)C)c1. The largest absolute Gasteiger partial charge is 0.375 e. The van der Waals surface area contributed by atoms with Gasteiger partial charge in [0, 0.05) is 23.0 Å². The van der Waals surface area contributed by atoms with Crippen molar-refractivity contribution in [2.75, 3.05) is 24.4 Å². The van der Waals surface area contributed by atoms with Gasteiger partial charge in [0.2, 0.25) is 21.8 Å². The van der Waals surface area contributed by atoms with Gasteiger partial charge in [0.1, 0.15) is 12.6 Å². The highest BCUT2D eigenvalue weighted by Crippen LogP contribution is 2.19. The van der Waals surface area contributed by atoms with Crippen LogP contribution in [0.15, 0.2) is 57.9 Å². The van der Waals surface area contributed by atoms with Crippen LogP contribution in [0.3, 0.4) is 0 Å². The van der Waals surface area contributed by atoms with E-state index in [1.165, 1.54) is 19.2 Å². The van der Waals surface area contributed by atoms with Crippen LogP contribution in [-0.4, -0.2) is 40.0 Å². The second-order valence-electron chi connectivity index (χ2n) is 6.85. The Morgan fingerprint density at radius 1 is 1.03 bits per heavy atom. The Kier molecular flexibility index (Phi) is 8.54. The summed E-state index contributed by atoms with van der Waals surface area (Å²) in [4.78, 5) is 24.5. The first-order chi connectivity index (χ1) is 14.1. The zero-order valence-electron chi connectivity index (χ0n) is 16.8. The molecule has 0 spiro atoms. The highest BCUT2D eigenvalue weighted by atomic mass is 79.9. The lowest BCUT2D eigenvalue weighted by atomic mass is 10.0. The molecule has 0 saturated carbocycles. The average molecular weight is 498 g/mol. The van der Waals surface area contributed by atoms with Crippen LogP contribution in [0.4, 0.5) is 11.4 Å². The molecule has 30 heavy (non-hydrogen) atoms. The van der Waals surface area contributed by atoms with Crippen LogP contribution in [0.2, 0.25) is 0 Å². The molecule has 0 aromatic heterocycles. The number of nitrogens with one attached hydrogen (secondary N) is 3. The molecule has 2 aromatic carbocycles. The maximum atomic E-state index is 12.8. The first kappa shape index (κ1) is 24.0. The van der Waals surface area contributed by atoms with Crippen LogP contribution >= 0.6 is 15.9 Å². The van der Waals surface area contributed by atoms with Crippen molar-refractivity contribution in [1.82, 2.24) is 4.72 Å². The Morgan fingerprint density at radius 2 is 1.63 bits per heavy atom. The molecule has 0 unspecified atom stereocenters. The summed E-state index contributed by atoms with van der Waals surface area (Å²) < 4.78 is 33.4. The van der Waals surface area contributed by atoms with Crippen LogP contribution < -0.4 is 15.4 Å². The van der Waals surface area contributed by atoms with Crippen molar-refractivity contribution in [3.63, 3.8) is 0 Å². The smallest absolute Gasteiger partial charge is 0.250 e. The number of carbonyl (C=O) groups is 2. The molecule has 2 rings (SSSR count). The molecule has 3 N–H and O–H groups in total. The van der Waals surface area contributed by atoms with E-state index in [9.17, 15) is 18.0 Å². The summed E-state index contributed by atoms with van der Waals surface area (Å²) in [5.74, 6) is -1.14. The van der Waals surface area contributed by atoms with Crippen molar-refractivity contribution in [1.29, 1.82) is 0 Å². The number of rotatable bonds is 9. The first-order valence-corrected chi connectivity index (χ1v) is 11.4. The highest BCUT2D eigenvalue weighted by Gasteiger charge is 2.28. The molecule has 0 fully saturated rings. The van der Waals surface area contributed by atoms with Crippen molar-refractivity contribution >= 4 is 49.1 Å². The summed E-state index contributed by atoms with van der Waals surface area (Å²) in [6, 6.07) is 11.7. The molecule has 0 aliphatic rings. The molecule has 0 aliphatic carbocycles. The molecule has 10 heteroatoms. The number of methoxy groups -OCH3 is 1. The summed E-state index contributed by atoms with van der Waals surface area (Å²) in [6.07, 6.45) is 0. The zero-order valence-corrected chi connectivity index (χ0v) is 19.2. The Morgan fingerprint density at radius 3 is 2.20 bits per heavy atom. The Balaban J connectivity index is 2.14. The van der Waals surface area contributed by atoms with E-state index in [1.807, 2.05) is 0 Å². The number of hydrogen-bond donors (Lipinski definition) is 3. The van der Waals surface area contributed by atoms with Gasteiger partial charge in [-0.25, -0.2) is 8.42 Å². The van der Waals surface area contributed by atoms with E-state index in [0.717, 1.165) is 4.47 Å². The summed E-state index contributed by atoms with van der Waals surface area (Å²) in [5.41, 5.74) is 0.898. The Labute approximate surface area is 184 Å². The third-order valence-corrected chi connectivity index (χ3v) is 6.03. The predicted octanol–water partition coefficient (Wildman–Crippen LogP) is 2.98. The van der Waals surface area contributed by atoms with Crippen molar-refractivity contribution < 1.29 is 22.7 Å². The van der Waals surface area contributed by atoms with E-state index >= 15 is 0 Å². The normalized spacial score (nSPS) is 12.4. The quantitative estimate of drug-likeness (QED) is 0.492. The summed E-state index contributed by atoms with van der Waals surface area (Å²) in [5, 5.41) is 5.34. The van der Waals surface area contributed by atoms with Crippen LogP contribution in [0.25, 0.3) is 0 Å². The standard InChI is InChI=1S/C20H24BrN3O5S/c1-13(2)19(24-30(27,28)17-9-7-14(21)8-10-17)20(26)23-16-6-4-5-15(11-16)22-18(25)12-29-3/h4-11,13,19,24H,12H2,1-3H3,(H,22,25)(H,23,26)/t19-/m0/s1. The molecule has 2 amide bonds. The highest BCUT2D eigenvalue weighted by molar-refractivity contribution is 9.10. The molecular formula is C20H24BrN3O5S. The minimum absolute atomic E-state index is 0.0620. The van der Waals surface area contributed by atoms with Gasteiger partial charge in [-0.1, -0.05) is 35.8 Å². The van der Waals surface area contributed by atoms with Gasteiger partial charge in [-0.3, -0.25) is 9.59 Å². The van der Waals surface area contributed by atoms with Crippen molar-refractivity contribution in [2.24, 2.45) is 5.92 Å². The van der Waals surface area contributed by atoms with E-state index < -0.39 is 22.0 Å². The monoisotopic (exact) mass is 497 g/mol. The van der Waals surface area contributed by atoms with Gasteiger partial charge in [-0.2, -0.15) is 4.72 Å². The van der Waals surface area contributed by atoms with Crippen LogP contribution in [0.1, 0.15) is 13.8 Å². The summed E-state index contributed by atoms with van der Waals surface area (Å²) in [6.45, 7) is 3.40. The molecule has 2 aromatic rings. The summed E-state index contributed by atoms with van der Waals surface area (Å²) in [7, 11) is -2.48. The second kappa shape index (κ2) is 10.7. The predicted molar refractivity (Wildman–Crippen MR) is 119 cm³/mol. The fourth-order valence-electron chi connectivity index (χ4n) is 2.56. The third kappa shape index (κ3) is 6.91. The summed E-state index contributed by atoms with van der Waals surface area (Å²) >= 11 is 3.26. The number of hydrogen-bond acceptors (Lipinski definition) is 5. The van der Waals surface area contributed by atoms with Gasteiger partial charge >= 0.3 is 0 Å². The minimum atomic E-state index is -3.89. The van der Waals surface area contributed by atoms with E-state index in [1.54, 1.807) is 50.2 Å². The van der Waals surface area contributed by atoms with E-state index in [4.69, 9.17) is 4.74 Å². The minimum Gasteiger partial charge on any atom is -0.375 e. The maximum absolute atomic E-state index is 12.8. The fourth-order valence-corrected chi connectivity index (χ4v) is 4.17. The van der Waals surface area contributed by atoms with Gasteiger partial charge in [-0.15, -0.1) is 0 Å². The van der Waals surface area contributed by atoms with E-state index in [0.29, 0.717) is 11.4 Å². The van der Waals surface area contributed by atoms with Crippen molar-refractivity contribution in [3.05, 3.63) is 53.0 Å². The topological polar surface area (TPSA) is 114 Å². The third-order valence-electron chi connectivity index (χ3n) is 4.04. The maximum Gasteiger partial charge on any atom is 0.250 e. The van der Waals surface area contributed by atoms with Crippen molar-refractivity contribution in [3.8, 4) is 0 Å². The van der Waals surface area contributed by atoms with Crippen molar-refractivity contribution in [2.45, 2.75) is 24.8 Å². The lowest BCUT2D eigenvalue weighted by Crippen LogP contribution is -2.47. The molecule has 0 heterocycles. The van der Waals surface area contributed by atoms with E-state index in [-0.39, 0.29) is 23.3 Å². The van der Waals surface area contributed by atoms with Crippen LogP contribution in [-0.2, 0) is 24.3 Å². The molecule has 0 saturated heterocycles.